The van der Waals surface area contributed by atoms with Gasteiger partial charge in [-0.25, -0.2) is 8.78 Å². The highest BCUT2D eigenvalue weighted by atomic mass is 35.5. The molecule has 0 aliphatic heterocycles. The summed E-state index contributed by atoms with van der Waals surface area (Å²) in [6.45, 7) is 1.52. The maximum Gasteiger partial charge on any atom is 0.315 e. The second-order valence-electron chi connectivity index (χ2n) is 9.13. The van der Waals surface area contributed by atoms with Crippen LogP contribution in [0.5, 0.6) is 0 Å². The Morgan fingerprint density at radius 2 is 1.38 bits per heavy atom. The lowest BCUT2D eigenvalue weighted by Gasteiger charge is -2.14. The average molecular weight is 706 g/mol. The zero-order valence-corrected chi connectivity index (χ0v) is 25.2. The van der Waals surface area contributed by atoms with Crippen molar-refractivity contribution in [3.63, 3.8) is 0 Å². The molecule has 1 fully saturated rings. The fourth-order valence-corrected chi connectivity index (χ4v) is 5.80. The third kappa shape index (κ3) is 6.54. The van der Waals surface area contributed by atoms with E-state index in [0.717, 1.165) is 0 Å². The van der Waals surface area contributed by atoms with E-state index >= 15 is 0 Å². The Balaban J connectivity index is 1.56. The summed E-state index contributed by atoms with van der Waals surface area (Å²) in [4.78, 5) is 37.4. The number of hydrogen-bond donors (Lipinski definition) is 3. The first-order valence-corrected chi connectivity index (χ1v) is 13.8. The minimum atomic E-state index is -3.47. The molecule has 0 bridgehead atoms. The van der Waals surface area contributed by atoms with Crippen molar-refractivity contribution in [3.8, 4) is 0 Å². The van der Waals surface area contributed by atoms with Crippen LogP contribution < -0.4 is 16.0 Å². The van der Waals surface area contributed by atoms with Crippen LogP contribution in [0.2, 0.25) is 20.1 Å². The number of carbonyl (C=O) groups is 3. The van der Waals surface area contributed by atoms with Crippen molar-refractivity contribution in [1.82, 2.24) is 0 Å². The van der Waals surface area contributed by atoms with Gasteiger partial charge in [0.05, 0.1) is 42.9 Å². The topological polar surface area (TPSA) is 87.3 Å². The molecule has 2 atom stereocenters. The lowest BCUT2D eigenvalue weighted by Crippen LogP contribution is -2.21. The molecule has 1 unspecified atom stereocenters. The maximum absolute atomic E-state index is 14.4. The van der Waals surface area contributed by atoms with Crippen molar-refractivity contribution in [3.05, 3.63) is 84.8 Å². The van der Waals surface area contributed by atoms with Gasteiger partial charge in [-0.15, -0.1) is 23.2 Å². The summed E-state index contributed by atoms with van der Waals surface area (Å²) in [7, 11) is 0. The number of rotatable bonds is 7. The summed E-state index contributed by atoms with van der Waals surface area (Å²) in [5.74, 6) is -7.75. The molecule has 0 saturated heterocycles. The molecule has 1 aliphatic rings. The molecule has 1 aliphatic carbocycles. The van der Waals surface area contributed by atoms with Crippen LogP contribution in [0.3, 0.4) is 0 Å². The number of amides is 3. The van der Waals surface area contributed by atoms with Gasteiger partial charge in [-0.3, -0.25) is 14.4 Å². The van der Waals surface area contributed by atoms with Crippen LogP contribution in [0.1, 0.15) is 27.4 Å². The van der Waals surface area contributed by atoms with E-state index in [-0.39, 0.29) is 37.4 Å². The minimum absolute atomic E-state index is 0.0713. The summed E-state index contributed by atoms with van der Waals surface area (Å²) < 4.78 is 52.0. The van der Waals surface area contributed by atoms with Crippen LogP contribution in [0.25, 0.3) is 0 Å². The Labute approximate surface area is 265 Å². The molecule has 0 aromatic heterocycles. The van der Waals surface area contributed by atoms with Crippen LogP contribution >= 0.6 is 69.6 Å². The van der Waals surface area contributed by atoms with E-state index in [1.165, 1.54) is 31.2 Å². The molecule has 222 valence electrons. The molecule has 4 rings (SSSR count). The van der Waals surface area contributed by atoms with E-state index in [0.29, 0.717) is 17.2 Å². The van der Waals surface area contributed by atoms with Gasteiger partial charge in [0.25, 0.3) is 11.8 Å². The zero-order valence-electron chi connectivity index (χ0n) is 20.7. The van der Waals surface area contributed by atoms with Gasteiger partial charge < -0.3 is 16.0 Å². The Bertz CT molecular complexity index is 1620. The number of aryl methyl sites for hydroxylation is 1. The Morgan fingerprint density at radius 1 is 0.810 bits per heavy atom. The molecule has 0 spiro atoms. The monoisotopic (exact) mass is 703 g/mol. The van der Waals surface area contributed by atoms with Gasteiger partial charge in [0.2, 0.25) is 5.91 Å². The van der Waals surface area contributed by atoms with Crippen LogP contribution in [0.15, 0.2) is 36.4 Å². The van der Waals surface area contributed by atoms with E-state index < -0.39 is 63.3 Å². The quantitative estimate of drug-likeness (QED) is 0.130. The van der Waals surface area contributed by atoms with Crippen LogP contribution in [-0.4, -0.2) is 28.5 Å². The first kappa shape index (κ1) is 32.4. The molecular weight excluding hydrogens is 691 g/mol. The fraction of sp³-hybridized carbons (Fsp3) is 0.192. The standard InChI is InChI=1S/C26H15Cl6F4N3O3/c1-8-2-10(37-24(41)19-18(26(19,31)32)9-3-12(27)21(30)13(28)4-9)5-11(20(8)29)23(40)38-16-7-17(15(34)6-14(16)33)39-25(42)22(35)36/h2-7,18-19,22H,1H3,(H,37,41)(H,38,40)(H,39,42)/t18-,19?/m0/s1. The number of hydrogen-bond acceptors (Lipinski definition) is 3. The second kappa shape index (κ2) is 12.3. The average Bonchev–Trinajstić information content (AvgIpc) is 3.48. The third-order valence-corrected chi connectivity index (χ3v) is 8.87. The maximum atomic E-state index is 14.4. The molecule has 6 nitrogen and oxygen atoms in total. The molecule has 0 heterocycles. The minimum Gasteiger partial charge on any atom is -0.326 e. The summed E-state index contributed by atoms with van der Waals surface area (Å²) in [5.41, 5.74) is -0.788. The molecular formula is C26H15Cl6F4N3O3. The van der Waals surface area contributed by atoms with Gasteiger partial charge in [-0.2, -0.15) is 8.78 Å². The summed E-state index contributed by atoms with van der Waals surface area (Å²) in [6, 6.07) is 6.52. The second-order valence-corrected chi connectivity index (χ2v) is 12.1. The lowest BCUT2D eigenvalue weighted by atomic mass is 10.1. The van der Waals surface area contributed by atoms with Crippen molar-refractivity contribution >= 4 is 104 Å². The largest absolute Gasteiger partial charge is 0.326 e. The van der Waals surface area contributed by atoms with Gasteiger partial charge in [0.1, 0.15) is 16.0 Å². The summed E-state index contributed by atoms with van der Waals surface area (Å²) >= 11 is 37.3. The molecule has 3 aromatic carbocycles. The number of nitrogens with one attached hydrogen (secondary N) is 3. The normalized spacial score (nSPS) is 17.1. The Morgan fingerprint density at radius 3 is 1.95 bits per heavy atom. The fourth-order valence-electron chi connectivity index (χ4n) is 4.17. The van der Waals surface area contributed by atoms with Crippen molar-refractivity contribution in [2.75, 3.05) is 16.0 Å². The third-order valence-electron chi connectivity index (χ3n) is 6.23. The van der Waals surface area contributed by atoms with E-state index in [2.05, 4.69) is 10.6 Å². The molecule has 0 radical (unpaired) electrons. The highest BCUT2D eigenvalue weighted by molar-refractivity contribution is 6.54. The van der Waals surface area contributed by atoms with Gasteiger partial charge in [0, 0.05) is 17.7 Å². The lowest BCUT2D eigenvalue weighted by molar-refractivity contribution is -0.126. The van der Waals surface area contributed by atoms with E-state index in [9.17, 15) is 31.9 Å². The highest BCUT2D eigenvalue weighted by Crippen LogP contribution is 2.65. The number of benzene rings is 3. The zero-order chi connectivity index (χ0) is 31.3. The van der Waals surface area contributed by atoms with E-state index in [1.54, 1.807) is 5.32 Å². The number of anilines is 3. The van der Waals surface area contributed by atoms with Crippen molar-refractivity contribution < 1.29 is 31.9 Å². The van der Waals surface area contributed by atoms with Crippen LogP contribution in [-0.2, 0) is 9.59 Å². The number of alkyl halides is 4. The summed E-state index contributed by atoms with van der Waals surface area (Å²) in [6.07, 6.45) is -3.47. The molecule has 16 heteroatoms. The van der Waals surface area contributed by atoms with Crippen molar-refractivity contribution in [2.24, 2.45) is 5.92 Å². The molecule has 3 amide bonds. The van der Waals surface area contributed by atoms with Crippen molar-refractivity contribution in [1.29, 1.82) is 0 Å². The van der Waals surface area contributed by atoms with E-state index in [1.807, 2.05) is 0 Å². The molecule has 42 heavy (non-hydrogen) atoms. The van der Waals surface area contributed by atoms with Crippen LogP contribution in [0, 0.1) is 24.5 Å². The number of halogens is 10. The van der Waals surface area contributed by atoms with Gasteiger partial charge >= 0.3 is 6.43 Å². The van der Waals surface area contributed by atoms with Crippen molar-refractivity contribution in [2.45, 2.75) is 23.6 Å². The van der Waals surface area contributed by atoms with Gasteiger partial charge in [0.15, 0.2) is 0 Å². The Kier molecular flexibility index (Phi) is 9.47. The van der Waals surface area contributed by atoms with Crippen LogP contribution in [0.4, 0.5) is 34.6 Å². The predicted octanol–water partition coefficient (Wildman–Crippen LogP) is 8.87. The molecule has 3 N–H and O–H groups in total. The first-order chi connectivity index (χ1) is 19.5. The smallest absolute Gasteiger partial charge is 0.315 e. The highest BCUT2D eigenvalue weighted by Gasteiger charge is 2.67. The predicted molar refractivity (Wildman–Crippen MR) is 156 cm³/mol. The number of carbonyl (C=O) groups excluding carboxylic acids is 3. The first-order valence-electron chi connectivity index (χ1n) is 11.6. The summed E-state index contributed by atoms with van der Waals surface area (Å²) in [5, 5.41) is 6.67. The van der Waals surface area contributed by atoms with Gasteiger partial charge in [-0.05, 0) is 48.4 Å². The van der Waals surface area contributed by atoms with Gasteiger partial charge in [-0.1, -0.05) is 46.4 Å². The molecule has 3 aromatic rings. The SMILES string of the molecule is Cc1cc(NC(=O)C2[C@H](c3cc(Cl)c(Cl)c(Cl)c3)C2(Cl)Cl)cc(C(=O)Nc2cc(NC(=O)C(F)F)c(F)cc2F)c1Cl. The Hall–Kier alpha value is -2.47. The van der Waals surface area contributed by atoms with E-state index in [4.69, 9.17) is 69.6 Å². The molecule has 1 saturated carbocycles.